The average molecular weight is 533 g/mol. The van der Waals surface area contributed by atoms with Gasteiger partial charge in [-0.05, 0) is 86.5 Å². The predicted molar refractivity (Wildman–Crippen MR) is 166 cm³/mol. The lowest BCUT2D eigenvalue weighted by atomic mass is 9.94. The standard InChI is InChI=1S/C35H29N3S/c1-20-16-23(4)31(24(5)17-20)25-18-28-26-12-9-13-27(33(26)39-35(28)36-19-25)34-37-29-14-6-7-15-30(29)38(34)32-21(2)10-8-11-22(32)3/h6-19H,1-5H3/i1D3,4D3,5D3. The Kier molecular flexibility index (Phi) is 3.64. The number of pyridine rings is 1. The highest BCUT2D eigenvalue weighted by molar-refractivity contribution is 7.26. The van der Waals surface area contributed by atoms with Gasteiger partial charge in [0, 0.05) is 45.1 Å². The van der Waals surface area contributed by atoms with Crippen LogP contribution in [-0.2, 0) is 0 Å². The number of benzene rings is 4. The number of aryl methyl sites for hydroxylation is 5. The van der Waals surface area contributed by atoms with Crippen LogP contribution in [0.5, 0.6) is 0 Å². The lowest BCUT2D eigenvalue weighted by Gasteiger charge is -2.15. The van der Waals surface area contributed by atoms with Crippen molar-refractivity contribution in [2.24, 2.45) is 0 Å². The summed E-state index contributed by atoms with van der Waals surface area (Å²) < 4.78 is 76.3. The molecule has 0 unspecified atom stereocenters. The first-order valence-corrected chi connectivity index (χ1v) is 13.4. The number of hydrogen-bond donors (Lipinski definition) is 0. The molecule has 0 saturated carbocycles. The van der Waals surface area contributed by atoms with Gasteiger partial charge in [-0.3, -0.25) is 4.57 Å². The van der Waals surface area contributed by atoms with E-state index < -0.39 is 20.6 Å². The lowest BCUT2D eigenvalue weighted by Crippen LogP contribution is -2.02. The summed E-state index contributed by atoms with van der Waals surface area (Å²) >= 11 is 1.47. The number of nitrogens with zero attached hydrogens (tertiary/aromatic N) is 3. The molecule has 0 saturated heterocycles. The summed E-state index contributed by atoms with van der Waals surface area (Å²) in [4.78, 5) is 10.5. The molecule has 0 N–H and O–H groups in total. The topological polar surface area (TPSA) is 30.7 Å². The first-order valence-electron chi connectivity index (χ1n) is 17.1. The molecule has 0 aliphatic carbocycles. The maximum absolute atomic E-state index is 8.26. The van der Waals surface area contributed by atoms with Crippen LogP contribution in [0.25, 0.3) is 59.5 Å². The third-order valence-electron chi connectivity index (χ3n) is 7.25. The Morgan fingerprint density at radius 2 is 1.54 bits per heavy atom. The molecule has 0 radical (unpaired) electrons. The van der Waals surface area contributed by atoms with Crippen LogP contribution in [0.4, 0.5) is 0 Å². The maximum Gasteiger partial charge on any atom is 0.147 e. The van der Waals surface area contributed by atoms with Gasteiger partial charge in [-0.25, -0.2) is 9.97 Å². The number of fused-ring (bicyclic) bond motifs is 4. The van der Waals surface area contributed by atoms with Crippen LogP contribution in [0.1, 0.15) is 40.2 Å². The van der Waals surface area contributed by atoms with Crippen molar-refractivity contribution >= 4 is 42.7 Å². The molecule has 0 bridgehead atoms. The molecule has 3 heterocycles. The monoisotopic (exact) mass is 532 g/mol. The number of aromatic nitrogens is 3. The summed E-state index contributed by atoms with van der Waals surface area (Å²) in [6.45, 7) is -4.12. The van der Waals surface area contributed by atoms with Crippen LogP contribution < -0.4 is 0 Å². The Morgan fingerprint density at radius 3 is 2.31 bits per heavy atom. The van der Waals surface area contributed by atoms with Crippen molar-refractivity contribution in [1.29, 1.82) is 0 Å². The van der Waals surface area contributed by atoms with Gasteiger partial charge >= 0.3 is 0 Å². The number of para-hydroxylation sites is 3. The fourth-order valence-corrected chi connectivity index (χ4v) is 6.67. The van der Waals surface area contributed by atoms with Gasteiger partial charge in [0.15, 0.2) is 0 Å². The van der Waals surface area contributed by atoms with E-state index in [1.165, 1.54) is 17.5 Å². The average Bonchev–Trinajstić information content (AvgIpc) is 3.57. The van der Waals surface area contributed by atoms with Crippen molar-refractivity contribution in [3.63, 3.8) is 0 Å². The molecular formula is C35H29N3S. The van der Waals surface area contributed by atoms with Crippen LogP contribution >= 0.6 is 11.3 Å². The van der Waals surface area contributed by atoms with Gasteiger partial charge in [0.1, 0.15) is 10.7 Å². The van der Waals surface area contributed by atoms with Crippen LogP contribution in [0.3, 0.4) is 0 Å². The van der Waals surface area contributed by atoms with E-state index >= 15 is 0 Å². The molecule has 7 aromatic rings. The quantitative estimate of drug-likeness (QED) is 0.227. The van der Waals surface area contributed by atoms with Gasteiger partial charge in [-0.1, -0.05) is 60.2 Å². The first kappa shape index (κ1) is 16.0. The van der Waals surface area contributed by atoms with Gasteiger partial charge in [-0.2, -0.15) is 0 Å². The molecule has 39 heavy (non-hydrogen) atoms. The molecule has 0 aliphatic heterocycles. The highest BCUT2D eigenvalue weighted by Crippen LogP contribution is 2.42. The van der Waals surface area contributed by atoms with E-state index in [1.54, 1.807) is 6.07 Å². The number of thiophene rings is 1. The Bertz CT molecular complexity index is 2340. The van der Waals surface area contributed by atoms with Crippen LogP contribution in [-0.4, -0.2) is 14.5 Å². The van der Waals surface area contributed by atoms with E-state index in [4.69, 9.17) is 22.3 Å². The second kappa shape index (κ2) is 8.89. The third kappa shape index (κ3) is 3.70. The molecule has 3 nitrogen and oxygen atoms in total. The zero-order chi connectivity index (χ0) is 34.3. The molecular weight excluding hydrogens is 494 g/mol. The third-order valence-corrected chi connectivity index (χ3v) is 8.41. The van der Waals surface area contributed by atoms with Crippen molar-refractivity contribution in [2.75, 3.05) is 0 Å². The predicted octanol–water partition coefficient (Wildman–Crippen LogP) is 9.66. The van der Waals surface area contributed by atoms with Gasteiger partial charge in [0.05, 0.1) is 16.7 Å². The fourth-order valence-electron chi connectivity index (χ4n) is 5.54. The molecule has 0 spiro atoms. The number of rotatable bonds is 3. The van der Waals surface area contributed by atoms with Gasteiger partial charge in [0.25, 0.3) is 0 Å². The normalized spacial score (nSPS) is 16.1. The largest absolute Gasteiger partial charge is 0.292 e. The molecule has 0 atom stereocenters. The van der Waals surface area contributed by atoms with Crippen molar-refractivity contribution < 1.29 is 12.3 Å². The zero-order valence-electron chi connectivity index (χ0n) is 30.3. The smallest absolute Gasteiger partial charge is 0.147 e. The van der Waals surface area contributed by atoms with E-state index in [2.05, 4.69) is 36.6 Å². The summed E-state index contributed by atoms with van der Waals surface area (Å²) in [6, 6.07) is 24.0. The Labute approximate surface area is 245 Å². The number of hydrogen-bond acceptors (Lipinski definition) is 3. The summed E-state index contributed by atoms with van der Waals surface area (Å²) in [7, 11) is 0. The Morgan fingerprint density at radius 1 is 0.769 bits per heavy atom. The molecule has 0 amide bonds. The summed E-state index contributed by atoms with van der Waals surface area (Å²) in [5.41, 5.74) is 5.18. The second-order valence-electron chi connectivity index (χ2n) is 9.81. The molecule has 4 aromatic carbocycles. The van der Waals surface area contributed by atoms with Gasteiger partial charge in [-0.15, -0.1) is 11.3 Å². The molecule has 190 valence electrons. The summed E-state index contributed by atoms with van der Waals surface area (Å²) in [5, 5.41) is 1.57. The van der Waals surface area contributed by atoms with Gasteiger partial charge in [0.2, 0.25) is 0 Å². The molecule has 0 aliphatic rings. The van der Waals surface area contributed by atoms with E-state index in [1.807, 2.05) is 42.5 Å². The Hall–Kier alpha value is -4.28. The highest BCUT2D eigenvalue weighted by Gasteiger charge is 2.21. The summed E-state index contributed by atoms with van der Waals surface area (Å²) in [5.74, 6) is 0.764. The fraction of sp³-hybridized carbons (Fsp3) is 0.143. The van der Waals surface area contributed by atoms with Crippen molar-refractivity contribution in [2.45, 2.75) is 34.4 Å². The van der Waals surface area contributed by atoms with Crippen LogP contribution in [0.15, 0.2) is 85.1 Å². The first-order chi connectivity index (χ1) is 22.5. The minimum Gasteiger partial charge on any atom is -0.292 e. The zero-order valence-corrected chi connectivity index (χ0v) is 22.1. The minimum atomic E-state index is -2.79. The highest BCUT2D eigenvalue weighted by atomic mass is 32.1. The molecule has 0 fully saturated rings. The maximum atomic E-state index is 8.26. The molecule has 4 heteroatoms. The van der Waals surface area contributed by atoms with E-state index in [0.29, 0.717) is 4.83 Å². The van der Waals surface area contributed by atoms with Crippen molar-refractivity contribution in [1.82, 2.24) is 14.5 Å². The van der Waals surface area contributed by atoms with Crippen molar-refractivity contribution in [3.8, 4) is 28.2 Å². The van der Waals surface area contributed by atoms with Crippen molar-refractivity contribution in [3.05, 3.63) is 113 Å². The molecule has 3 aromatic heterocycles. The Balaban J connectivity index is 1.51. The van der Waals surface area contributed by atoms with E-state index in [9.17, 15) is 0 Å². The van der Waals surface area contributed by atoms with Crippen LogP contribution in [0, 0.1) is 34.4 Å². The SMILES string of the molecule is [2H]C([2H])([2H])c1cc(C([2H])([2H])[2H])c(-c2cnc3sc4c(-c5nc6ccccc6n5-c5c(C)cccc5C)cccc4c3c2)c(C([2H])([2H])[2H])c1. The van der Waals surface area contributed by atoms with E-state index in [-0.39, 0.29) is 27.8 Å². The lowest BCUT2D eigenvalue weighted by molar-refractivity contribution is 1.07. The number of imidazole rings is 1. The van der Waals surface area contributed by atoms with E-state index in [0.717, 1.165) is 66.8 Å². The summed E-state index contributed by atoms with van der Waals surface area (Å²) in [6.07, 6.45) is 1.47. The molecule has 7 rings (SSSR count). The second-order valence-corrected chi connectivity index (χ2v) is 10.8. The minimum absolute atomic E-state index is 0.0512. The van der Waals surface area contributed by atoms with Crippen LogP contribution in [0.2, 0.25) is 0 Å². The van der Waals surface area contributed by atoms with Gasteiger partial charge < -0.3 is 0 Å².